The molecule has 3 heterocycles. The largest absolute Gasteiger partial charge is 0.442 e. The molecule has 3 rings (SSSR count). The van der Waals surface area contributed by atoms with Crippen molar-refractivity contribution >= 4 is 15.7 Å². The van der Waals surface area contributed by atoms with Crippen LogP contribution in [0.3, 0.4) is 0 Å². The summed E-state index contributed by atoms with van der Waals surface area (Å²) in [6.07, 6.45) is 3.30. The van der Waals surface area contributed by atoms with E-state index in [1.54, 1.807) is 6.07 Å². The van der Waals surface area contributed by atoms with Crippen molar-refractivity contribution < 1.29 is 17.7 Å². The zero-order chi connectivity index (χ0) is 16.4. The lowest BCUT2D eigenvalue weighted by atomic mass is 10.2. The van der Waals surface area contributed by atoms with Crippen molar-refractivity contribution in [3.05, 3.63) is 29.0 Å². The lowest BCUT2D eigenvalue weighted by molar-refractivity contribution is -0.122. The maximum atomic E-state index is 12.0. The fourth-order valence-electron chi connectivity index (χ4n) is 2.31. The smallest absolute Gasteiger partial charge is 0.351 e. The van der Waals surface area contributed by atoms with Gasteiger partial charge in [-0.15, -0.1) is 0 Å². The van der Waals surface area contributed by atoms with Crippen LogP contribution in [0.4, 0.5) is 0 Å². The average Bonchev–Trinajstić information content (AvgIpc) is 3.03. The van der Waals surface area contributed by atoms with Crippen molar-refractivity contribution in [2.45, 2.75) is 19.0 Å². The van der Waals surface area contributed by atoms with Gasteiger partial charge in [0.2, 0.25) is 11.7 Å². The van der Waals surface area contributed by atoms with E-state index in [0.717, 1.165) is 4.57 Å². The molecule has 1 unspecified atom stereocenters. The molecule has 0 saturated carbocycles. The van der Waals surface area contributed by atoms with Crippen LogP contribution in [0.2, 0.25) is 0 Å². The van der Waals surface area contributed by atoms with Crippen molar-refractivity contribution in [2.75, 3.05) is 11.5 Å². The first-order chi connectivity index (χ1) is 10.9. The second kappa shape index (κ2) is 5.91. The number of nitrogens with one attached hydrogen (secondary N) is 1. The van der Waals surface area contributed by atoms with Gasteiger partial charge in [0.25, 0.3) is 0 Å². The second-order valence-corrected chi connectivity index (χ2v) is 7.33. The number of rotatable bonds is 4. The number of nitrogens with zero attached hydrogens (tertiary/aromatic N) is 4. The fraction of sp³-hybridized carbons (Fsp3) is 0.417. The summed E-state index contributed by atoms with van der Waals surface area (Å²) in [4.78, 5) is 31.6. The molecule has 122 valence electrons. The van der Waals surface area contributed by atoms with E-state index in [0.29, 0.717) is 6.42 Å². The molecule has 11 heteroatoms. The highest BCUT2D eigenvalue weighted by Gasteiger charge is 2.29. The number of carbonyl (C=O) groups is 1. The standard InChI is InChI=1S/C12H13N5O5S/c18-9(15-8-2-5-23(20,21)7-8)6-17-11(16-22-12(17)19)10-13-3-1-4-14-10/h1,3-4,8H,2,5-7H2,(H,15,18). The summed E-state index contributed by atoms with van der Waals surface area (Å²) in [6.45, 7) is -0.355. The highest BCUT2D eigenvalue weighted by atomic mass is 32.2. The molecule has 0 aromatic carbocycles. The van der Waals surface area contributed by atoms with E-state index in [1.165, 1.54) is 12.4 Å². The number of aromatic nitrogens is 4. The van der Waals surface area contributed by atoms with Gasteiger partial charge < -0.3 is 5.32 Å². The summed E-state index contributed by atoms with van der Waals surface area (Å²) in [5, 5.41) is 6.16. The van der Waals surface area contributed by atoms with Crippen molar-refractivity contribution in [3.8, 4) is 11.6 Å². The van der Waals surface area contributed by atoms with Crippen LogP contribution in [-0.4, -0.2) is 51.6 Å². The molecule has 1 N–H and O–H groups in total. The van der Waals surface area contributed by atoms with Gasteiger partial charge in [-0.05, 0) is 12.5 Å². The van der Waals surface area contributed by atoms with E-state index in [1.807, 2.05) is 0 Å². The SMILES string of the molecule is O=C(Cn1c(-c2ncccn2)noc1=O)NC1CCS(=O)(=O)C1. The summed E-state index contributed by atoms with van der Waals surface area (Å²) in [7, 11) is -3.10. The summed E-state index contributed by atoms with van der Waals surface area (Å²) in [6, 6.07) is 1.15. The minimum absolute atomic E-state index is 0.0322. The Hall–Kier alpha value is -2.56. The van der Waals surface area contributed by atoms with Crippen molar-refractivity contribution in [2.24, 2.45) is 0 Å². The quantitative estimate of drug-likeness (QED) is 0.718. The number of amides is 1. The van der Waals surface area contributed by atoms with E-state index < -0.39 is 27.5 Å². The van der Waals surface area contributed by atoms with E-state index in [9.17, 15) is 18.0 Å². The number of hydrogen-bond acceptors (Lipinski definition) is 8. The molecular formula is C12H13N5O5S. The Bertz CT molecular complexity index is 873. The summed E-state index contributed by atoms with van der Waals surface area (Å²) in [5.41, 5.74) is 0. The molecule has 0 bridgehead atoms. The van der Waals surface area contributed by atoms with Crippen LogP contribution >= 0.6 is 0 Å². The number of carbonyl (C=O) groups excluding carboxylic acids is 1. The van der Waals surface area contributed by atoms with Crippen LogP contribution in [0.5, 0.6) is 0 Å². The highest BCUT2D eigenvalue weighted by Crippen LogP contribution is 2.12. The van der Waals surface area contributed by atoms with Crippen LogP contribution in [0.1, 0.15) is 6.42 Å². The monoisotopic (exact) mass is 339 g/mol. The first-order valence-corrected chi connectivity index (χ1v) is 8.60. The van der Waals surface area contributed by atoms with Crippen LogP contribution in [0.15, 0.2) is 27.8 Å². The highest BCUT2D eigenvalue weighted by molar-refractivity contribution is 7.91. The minimum atomic E-state index is -3.10. The van der Waals surface area contributed by atoms with Crippen molar-refractivity contribution in [1.29, 1.82) is 0 Å². The second-order valence-electron chi connectivity index (χ2n) is 5.10. The predicted molar refractivity (Wildman–Crippen MR) is 77.0 cm³/mol. The summed E-state index contributed by atoms with van der Waals surface area (Å²) < 4.78 is 28.3. The molecule has 2 aromatic rings. The Labute approximate surface area is 130 Å². The van der Waals surface area contributed by atoms with Gasteiger partial charge in [0.05, 0.1) is 11.5 Å². The first-order valence-electron chi connectivity index (χ1n) is 6.78. The van der Waals surface area contributed by atoms with Gasteiger partial charge in [0.1, 0.15) is 6.54 Å². The number of sulfone groups is 1. The molecule has 23 heavy (non-hydrogen) atoms. The first kappa shape index (κ1) is 15.3. The third kappa shape index (κ3) is 3.44. The van der Waals surface area contributed by atoms with Gasteiger partial charge in [-0.3, -0.25) is 9.32 Å². The molecule has 1 aliphatic heterocycles. The zero-order valence-corrected chi connectivity index (χ0v) is 12.7. The predicted octanol–water partition coefficient (Wildman–Crippen LogP) is -1.40. The van der Waals surface area contributed by atoms with E-state index in [2.05, 4.69) is 25.0 Å². The third-order valence-corrected chi connectivity index (χ3v) is 5.12. The molecule has 2 aromatic heterocycles. The lowest BCUT2D eigenvalue weighted by Crippen LogP contribution is -2.39. The van der Waals surface area contributed by atoms with Gasteiger partial charge in [0.15, 0.2) is 15.7 Å². The average molecular weight is 339 g/mol. The molecule has 0 aliphatic carbocycles. The van der Waals surface area contributed by atoms with Gasteiger partial charge in [-0.1, -0.05) is 5.16 Å². The normalized spacial score (nSPS) is 19.6. The molecule has 10 nitrogen and oxygen atoms in total. The molecule has 1 aliphatic rings. The van der Waals surface area contributed by atoms with E-state index in [4.69, 9.17) is 0 Å². The topological polar surface area (TPSA) is 137 Å². The zero-order valence-electron chi connectivity index (χ0n) is 11.9. The number of hydrogen-bond donors (Lipinski definition) is 1. The molecule has 1 amide bonds. The van der Waals surface area contributed by atoms with Crippen LogP contribution < -0.4 is 11.1 Å². The van der Waals surface area contributed by atoms with Gasteiger partial charge >= 0.3 is 5.76 Å². The van der Waals surface area contributed by atoms with Crippen LogP contribution in [0.25, 0.3) is 11.6 Å². The molecular weight excluding hydrogens is 326 g/mol. The Morgan fingerprint density at radius 1 is 1.39 bits per heavy atom. The van der Waals surface area contributed by atoms with E-state index in [-0.39, 0.29) is 29.7 Å². The van der Waals surface area contributed by atoms with Gasteiger partial charge in [-0.2, -0.15) is 0 Å². The fourth-order valence-corrected chi connectivity index (χ4v) is 3.98. The minimum Gasteiger partial charge on any atom is -0.351 e. The third-order valence-electron chi connectivity index (χ3n) is 3.35. The maximum Gasteiger partial charge on any atom is 0.442 e. The van der Waals surface area contributed by atoms with Crippen molar-refractivity contribution in [3.63, 3.8) is 0 Å². The summed E-state index contributed by atoms with van der Waals surface area (Å²) in [5.74, 6) is -1.18. The van der Waals surface area contributed by atoms with Crippen LogP contribution in [0, 0.1) is 0 Å². The molecule has 1 saturated heterocycles. The van der Waals surface area contributed by atoms with Crippen molar-refractivity contribution in [1.82, 2.24) is 25.0 Å². The Morgan fingerprint density at radius 3 is 2.78 bits per heavy atom. The molecule has 1 atom stereocenters. The Morgan fingerprint density at radius 2 is 2.13 bits per heavy atom. The van der Waals surface area contributed by atoms with Gasteiger partial charge in [0, 0.05) is 18.4 Å². The van der Waals surface area contributed by atoms with Gasteiger partial charge in [-0.25, -0.2) is 27.7 Å². The maximum absolute atomic E-state index is 12.0. The molecule has 0 spiro atoms. The summed E-state index contributed by atoms with van der Waals surface area (Å²) >= 11 is 0. The Kier molecular flexibility index (Phi) is 3.94. The van der Waals surface area contributed by atoms with Crippen LogP contribution in [-0.2, 0) is 21.2 Å². The van der Waals surface area contributed by atoms with E-state index >= 15 is 0 Å². The molecule has 1 fully saturated rings. The molecule has 0 radical (unpaired) electrons. The lowest BCUT2D eigenvalue weighted by Gasteiger charge is -2.10. The Balaban J connectivity index is 1.75.